The van der Waals surface area contributed by atoms with Crippen molar-refractivity contribution in [3.63, 3.8) is 0 Å². The molecule has 0 aliphatic rings. The van der Waals surface area contributed by atoms with Gasteiger partial charge in [-0.1, -0.05) is 30.3 Å². The minimum Gasteiger partial charge on any atom is -0.494 e. The van der Waals surface area contributed by atoms with Crippen LogP contribution in [-0.4, -0.2) is 39.4 Å². The summed E-state index contributed by atoms with van der Waals surface area (Å²) in [5.74, 6) is -2.12. The standard InChI is InChI=1S/C27H20ClF2N5O3/c1-4-16(36)10-14-6-5-7-18(28)24(14)33-27-32-13-15-11-17(26-31-8-9-35(26)25(15)34-27)21-22(29)19(37-2)12-20(38-3)23(21)30/h4-9,11-13H,1,10H2,2-3H3,(H,32,33,34). The van der Waals surface area contributed by atoms with E-state index in [2.05, 4.69) is 26.8 Å². The summed E-state index contributed by atoms with van der Waals surface area (Å²) in [5, 5.41) is 3.95. The number of rotatable bonds is 8. The number of methoxy groups -OCH3 is 2. The molecule has 1 N–H and O–H groups in total. The third-order valence-corrected chi connectivity index (χ3v) is 6.29. The molecule has 0 atom stereocenters. The number of hydrogen-bond acceptors (Lipinski definition) is 7. The summed E-state index contributed by atoms with van der Waals surface area (Å²) in [6.07, 6.45) is 5.96. The van der Waals surface area contributed by atoms with Crippen molar-refractivity contribution in [2.24, 2.45) is 0 Å². The van der Waals surface area contributed by atoms with Crippen molar-refractivity contribution in [3.8, 4) is 22.6 Å². The molecule has 0 saturated heterocycles. The van der Waals surface area contributed by atoms with Gasteiger partial charge in [-0.25, -0.2) is 18.7 Å². The Morgan fingerprint density at radius 1 is 1.13 bits per heavy atom. The number of ketones is 1. The van der Waals surface area contributed by atoms with Gasteiger partial charge < -0.3 is 14.8 Å². The van der Waals surface area contributed by atoms with Crippen LogP contribution in [0.25, 0.3) is 27.8 Å². The number of benzene rings is 2. The first kappa shape index (κ1) is 25.1. The van der Waals surface area contributed by atoms with E-state index in [-0.39, 0.29) is 46.4 Å². The van der Waals surface area contributed by atoms with E-state index >= 15 is 8.78 Å². The molecule has 3 aromatic heterocycles. The van der Waals surface area contributed by atoms with Gasteiger partial charge in [0.2, 0.25) is 5.95 Å². The Morgan fingerprint density at radius 2 is 1.87 bits per heavy atom. The molecule has 0 radical (unpaired) electrons. The Hall–Kier alpha value is -4.57. The second kappa shape index (κ2) is 10.1. The van der Waals surface area contributed by atoms with Gasteiger partial charge >= 0.3 is 0 Å². The van der Waals surface area contributed by atoms with Gasteiger partial charge in [-0.2, -0.15) is 4.98 Å². The first-order valence-corrected chi connectivity index (χ1v) is 11.7. The molecule has 0 spiro atoms. The third kappa shape index (κ3) is 4.28. The second-order valence-corrected chi connectivity index (χ2v) is 8.59. The van der Waals surface area contributed by atoms with E-state index in [1.807, 2.05) is 0 Å². The van der Waals surface area contributed by atoms with Crippen LogP contribution >= 0.6 is 11.6 Å². The zero-order valence-electron chi connectivity index (χ0n) is 20.3. The summed E-state index contributed by atoms with van der Waals surface area (Å²) in [7, 11) is 2.57. The maximum Gasteiger partial charge on any atom is 0.229 e. The van der Waals surface area contributed by atoms with E-state index in [9.17, 15) is 4.79 Å². The van der Waals surface area contributed by atoms with E-state index < -0.39 is 11.6 Å². The van der Waals surface area contributed by atoms with E-state index in [1.165, 1.54) is 32.7 Å². The lowest BCUT2D eigenvalue weighted by Crippen LogP contribution is -2.06. The zero-order valence-corrected chi connectivity index (χ0v) is 21.0. The first-order chi connectivity index (χ1) is 18.4. The highest BCUT2D eigenvalue weighted by atomic mass is 35.5. The van der Waals surface area contributed by atoms with Gasteiger partial charge in [0.1, 0.15) is 5.65 Å². The van der Waals surface area contributed by atoms with Crippen molar-refractivity contribution < 1.29 is 23.0 Å². The lowest BCUT2D eigenvalue weighted by molar-refractivity contribution is -0.114. The van der Waals surface area contributed by atoms with Crippen molar-refractivity contribution in [1.82, 2.24) is 19.4 Å². The van der Waals surface area contributed by atoms with Crippen LogP contribution in [0.2, 0.25) is 5.02 Å². The fourth-order valence-electron chi connectivity index (χ4n) is 4.16. The highest BCUT2D eigenvalue weighted by molar-refractivity contribution is 6.33. The fourth-order valence-corrected chi connectivity index (χ4v) is 4.41. The molecule has 192 valence electrons. The molecule has 5 rings (SSSR count). The topological polar surface area (TPSA) is 90.6 Å². The number of carbonyl (C=O) groups is 1. The van der Waals surface area contributed by atoms with Crippen LogP contribution in [0.15, 0.2) is 61.6 Å². The number of fused-ring (bicyclic) bond motifs is 3. The number of imidazole rings is 1. The van der Waals surface area contributed by atoms with Crippen LogP contribution in [0, 0.1) is 11.6 Å². The molecule has 0 unspecified atom stereocenters. The van der Waals surface area contributed by atoms with Crippen LogP contribution in [0.3, 0.4) is 0 Å². The van der Waals surface area contributed by atoms with Crippen molar-refractivity contribution in [2.45, 2.75) is 6.42 Å². The third-order valence-electron chi connectivity index (χ3n) is 5.98. The number of hydrogen-bond donors (Lipinski definition) is 1. The number of aromatic nitrogens is 4. The van der Waals surface area contributed by atoms with E-state index in [0.717, 1.165) is 6.07 Å². The molecule has 38 heavy (non-hydrogen) atoms. The number of nitrogens with one attached hydrogen (secondary N) is 1. The van der Waals surface area contributed by atoms with Crippen molar-refractivity contribution in [1.29, 1.82) is 0 Å². The molecule has 0 saturated carbocycles. The minimum absolute atomic E-state index is 0.0935. The molecule has 8 nitrogen and oxygen atoms in total. The molecule has 11 heteroatoms. The van der Waals surface area contributed by atoms with Crippen LogP contribution in [0.5, 0.6) is 11.5 Å². The highest BCUT2D eigenvalue weighted by Crippen LogP contribution is 2.40. The number of allylic oxidation sites excluding steroid dienone is 1. The maximum atomic E-state index is 15.3. The smallest absolute Gasteiger partial charge is 0.229 e. The number of anilines is 2. The minimum atomic E-state index is -0.894. The largest absolute Gasteiger partial charge is 0.494 e. The summed E-state index contributed by atoms with van der Waals surface area (Å²) >= 11 is 6.41. The summed E-state index contributed by atoms with van der Waals surface area (Å²) in [5.41, 5.74) is 1.61. The monoisotopic (exact) mass is 535 g/mol. The Labute approximate surface area is 220 Å². The Bertz CT molecular complexity index is 1710. The number of para-hydroxylation sites is 1. The maximum absolute atomic E-state index is 15.3. The Morgan fingerprint density at radius 3 is 2.55 bits per heavy atom. The van der Waals surface area contributed by atoms with Crippen LogP contribution < -0.4 is 14.8 Å². The molecule has 0 aliphatic heterocycles. The van der Waals surface area contributed by atoms with Gasteiger partial charge in [0.15, 0.2) is 34.6 Å². The molecule has 5 aromatic rings. The molecule has 3 heterocycles. The number of ether oxygens (including phenoxy) is 2. The Balaban J connectivity index is 1.66. The zero-order chi connectivity index (χ0) is 27.0. The molecule has 0 bridgehead atoms. The van der Waals surface area contributed by atoms with Crippen molar-refractivity contribution >= 4 is 45.7 Å². The van der Waals surface area contributed by atoms with Gasteiger partial charge in [-0.05, 0) is 23.8 Å². The molecule has 0 amide bonds. The molecule has 0 aliphatic carbocycles. The average Bonchev–Trinajstić information content (AvgIpc) is 3.41. The molecule has 0 fully saturated rings. The van der Waals surface area contributed by atoms with Crippen molar-refractivity contribution in [3.05, 3.63) is 83.8 Å². The SMILES string of the molecule is C=CC(=O)Cc1cccc(Cl)c1Nc1ncc2cc(-c3c(F)c(OC)cc(OC)c3F)c3nccn3c2n1. The van der Waals surface area contributed by atoms with Crippen LogP contribution in [-0.2, 0) is 11.2 Å². The summed E-state index contributed by atoms with van der Waals surface area (Å²) in [4.78, 5) is 25.3. The normalized spacial score (nSPS) is 11.1. The van der Waals surface area contributed by atoms with Crippen LogP contribution in [0.4, 0.5) is 20.4 Å². The average molecular weight is 536 g/mol. The molecular formula is C27H20ClF2N5O3. The Kier molecular flexibility index (Phi) is 6.64. The lowest BCUT2D eigenvalue weighted by atomic mass is 10.0. The predicted molar refractivity (Wildman–Crippen MR) is 140 cm³/mol. The predicted octanol–water partition coefficient (Wildman–Crippen LogP) is 5.93. The highest BCUT2D eigenvalue weighted by Gasteiger charge is 2.25. The second-order valence-electron chi connectivity index (χ2n) is 8.18. The summed E-state index contributed by atoms with van der Waals surface area (Å²) in [6, 6.07) is 7.88. The first-order valence-electron chi connectivity index (χ1n) is 11.3. The van der Waals surface area contributed by atoms with Gasteiger partial charge in [-0.3, -0.25) is 9.20 Å². The quantitative estimate of drug-likeness (QED) is 0.246. The van der Waals surface area contributed by atoms with E-state index in [4.69, 9.17) is 21.1 Å². The fraction of sp³-hybridized carbons (Fsp3) is 0.111. The number of nitrogens with zero attached hydrogens (tertiary/aromatic N) is 4. The van der Waals surface area contributed by atoms with E-state index in [0.29, 0.717) is 27.3 Å². The molecular weight excluding hydrogens is 516 g/mol. The number of carbonyl (C=O) groups excluding carboxylic acids is 1. The summed E-state index contributed by atoms with van der Waals surface area (Å²) < 4.78 is 42.4. The lowest BCUT2D eigenvalue weighted by Gasteiger charge is -2.15. The number of halogens is 3. The van der Waals surface area contributed by atoms with Crippen molar-refractivity contribution in [2.75, 3.05) is 19.5 Å². The van der Waals surface area contributed by atoms with Gasteiger partial charge in [-0.15, -0.1) is 0 Å². The van der Waals surface area contributed by atoms with Crippen LogP contribution in [0.1, 0.15) is 5.56 Å². The van der Waals surface area contributed by atoms with Gasteiger partial charge in [0.05, 0.1) is 30.5 Å². The summed E-state index contributed by atoms with van der Waals surface area (Å²) in [6.45, 7) is 3.51. The van der Waals surface area contributed by atoms with E-state index in [1.54, 1.807) is 34.9 Å². The van der Waals surface area contributed by atoms with Gasteiger partial charge in [0, 0.05) is 42.0 Å². The molecule has 2 aromatic carbocycles. The van der Waals surface area contributed by atoms with Gasteiger partial charge in [0.25, 0.3) is 0 Å². The number of pyridine rings is 1.